The van der Waals surface area contributed by atoms with E-state index in [1.807, 2.05) is 0 Å². The second-order valence-electron chi connectivity index (χ2n) is 6.57. The van der Waals surface area contributed by atoms with E-state index in [1.165, 1.54) is 12.0 Å². The molecule has 8 heteroatoms. The Bertz CT molecular complexity index is 958. The first-order valence-corrected chi connectivity index (χ1v) is 9.71. The summed E-state index contributed by atoms with van der Waals surface area (Å²) in [6.07, 6.45) is 0. The van der Waals surface area contributed by atoms with Gasteiger partial charge in [0.2, 0.25) is 0 Å². The van der Waals surface area contributed by atoms with E-state index in [-0.39, 0.29) is 19.2 Å². The number of carbonyl (C=O) groups is 2. The predicted octanol–water partition coefficient (Wildman–Crippen LogP) is 4.08. The fraction of sp³-hybridized carbons (Fsp3) is 0.273. The van der Waals surface area contributed by atoms with Gasteiger partial charge >= 0.3 is 12.0 Å². The van der Waals surface area contributed by atoms with Gasteiger partial charge in [-0.25, -0.2) is 9.59 Å². The van der Waals surface area contributed by atoms with E-state index in [0.29, 0.717) is 33.3 Å². The molecule has 2 aromatic rings. The van der Waals surface area contributed by atoms with Crippen LogP contribution in [0, 0.1) is 0 Å². The monoisotopic (exact) mass is 430 g/mol. The van der Waals surface area contributed by atoms with Gasteiger partial charge in [-0.15, -0.1) is 0 Å². The Morgan fingerprint density at radius 3 is 2.43 bits per heavy atom. The van der Waals surface area contributed by atoms with Crippen LogP contribution in [0.4, 0.5) is 10.5 Å². The number of methoxy groups -OCH3 is 2. The molecule has 0 aromatic heterocycles. The van der Waals surface area contributed by atoms with Gasteiger partial charge in [0.25, 0.3) is 0 Å². The van der Waals surface area contributed by atoms with Crippen molar-refractivity contribution in [1.82, 2.24) is 5.32 Å². The second kappa shape index (κ2) is 9.65. The summed E-state index contributed by atoms with van der Waals surface area (Å²) >= 11 is 6.36. The summed E-state index contributed by atoms with van der Waals surface area (Å²) in [6, 6.07) is 12.9. The summed E-state index contributed by atoms with van der Waals surface area (Å²) in [4.78, 5) is 27.4. The molecular formula is C22H23ClN2O5. The third-order valence-electron chi connectivity index (χ3n) is 4.77. The number of allylic oxidation sites excluding steroid dienone is 1. The second-order valence-corrected chi connectivity index (χ2v) is 6.97. The molecule has 1 N–H and O–H groups in total. The number of esters is 1. The van der Waals surface area contributed by atoms with Crippen LogP contribution >= 0.6 is 11.6 Å². The summed E-state index contributed by atoms with van der Waals surface area (Å²) in [5, 5.41) is 3.32. The zero-order valence-corrected chi connectivity index (χ0v) is 17.7. The number of nitrogens with one attached hydrogen (secondary N) is 1. The SMILES string of the molecule is COCCOC(=O)C1=C(C)N(c2ccc(OC)cc2)C(=O)NC1c1ccccc1Cl. The third-order valence-corrected chi connectivity index (χ3v) is 5.12. The van der Waals surface area contributed by atoms with Gasteiger partial charge < -0.3 is 19.5 Å². The maximum atomic E-state index is 13.0. The Labute approximate surface area is 180 Å². The number of anilines is 1. The van der Waals surface area contributed by atoms with E-state index in [1.54, 1.807) is 62.6 Å². The van der Waals surface area contributed by atoms with Crippen molar-refractivity contribution in [1.29, 1.82) is 0 Å². The summed E-state index contributed by atoms with van der Waals surface area (Å²) in [5.41, 5.74) is 1.96. The average Bonchev–Trinajstić information content (AvgIpc) is 2.74. The Kier molecular flexibility index (Phi) is 6.97. The molecule has 30 heavy (non-hydrogen) atoms. The van der Waals surface area contributed by atoms with Crippen LogP contribution in [0.3, 0.4) is 0 Å². The number of halogens is 1. The van der Waals surface area contributed by atoms with Gasteiger partial charge in [0.15, 0.2) is 0 Å². The number of urea groups is 1. The number of ether oxygens (including phenoxy) is 3. The summed E-state index contributed by atoms with van der Waals surface area (Å²) in [6.45, 7) is 2.07. The van der Waals surface area contributed by atoms with Crippen molar-refractivity contribution in [3.8, 4) is 5.75 Å². The van der Waals surface area contributed by atoms with E-state index < -0.39 is 12.0 Å². The van der Waals surface area contributed by atoms with Crippen LogP contribution < -0.4 is 15.0 Å². The van der Waals surface area contributed by atoms with E-state index >= 15 is 0 Å². The van der Waals surface area contributed by atoms with Crippen molar-refractivity contribution in [2.45, 2.75) is 13.0 Å². The highest BCUT2D eigenvalue weighted by atomic mass is 35.5. The third kappa shape index (κ3) is 4.42. The molecule has 2 aromatic carbocycles. The molecule has 1 unspecified atom stereocenters. The molecule has 0 spiro atoms. The van der Waals surface area contributed by atoms with Gasteiger partial charge in [-0.2, -0.15) is 0 Å². The quantitative estimate of drug-likeness (QED) is 0.529. The maximum Gasteiger partial charge on any atom is 0.338 e. The molecule has 0 fully saturated rings. The Morgan fingerprint density at radius 1 is 1.10 bits per heavy atom. The molecule has 1 atom stereocenters. The van der Waals surface area contributed by atoms with Crippen LogP contribution in [0.25, 0.3) is 0 Å². The first-order valence-electron chi connectivity index (χ1n) is 9.33. The summed E-state index contributed by atoms with van der Waals surface area (Å²) in [5.74, 6) is 0.110. The van der Waals surface area contributed by atoms with Gasteiger partial charge in [-0.3, -0.25) is 4.90 Å². The van der Waals surface area contributed by atoms with Gasteiger partial charge in [-0.1, -0.05) is 29.8 Å². The molecule has 2 amide bonds. The Morgan fingerprint density at radius 2 is 1.80 bits per heavy atom. The topological polar surface area (TPSA) is 77.1 Å². The lowest BCUT2D eigenvalue weighted by atomic mass is 9.94. The first-order chi connectivity index (χ1) is 14.5. The number of amides is 2. The van der Waals surface area contributed by atoms with Crippen LogP contribution in [0.2, 0.25) is 5.02 Å². The highest BCUT2D eigenvalue weighted by Gasteiger charge is 2.38. The van der Waals surface area contributed by atoms with Crippen LogP contribution in [0.1, 0.15) is 18.5 Å². The molecule has 0 saturated heterocycles. The molecule has 1 heterocycles. The highest BCUT2D eigenvalue weighted by molar-refractivity contribution is 6.31. The van der Waals surface area contributed by atoms with E-state index in [9.17, 15) is 9.59 Å². The minimum atomic E-state index is -0.740. The molecule has 1 aliphatic heterocycles. The number of hydrogen-bond donors (Lipinski definition) is 1. The summed E-state index contributed by atoms with van der Waals surface area (Å²) < 4.78 is 15.5. The van der Waals surface area contributed by atoms with Gasteiger partial charge in [-0.05, 0) is 42.8 Å². The number of hydrogen-bond acceptors (Lipinski definition) is 5. The molecule has 158 valence electrons. The van der Waals surface area contributed by atoms with E-state index in [2.05, 4.69) is 5.32 Å². The van der Waals surface area contributed by atoms with Gasteiger partial charge in [0.1, 0.15) is 12.4 Å². The minimum absolute atomic E-state index is 0.0951. The lowest BCUT2D eigenvalue weighted by Crippen LogP contribution is -2.48. The van der Waals surface area contributed by atoms with Crippen LogP contribution in [-0.2, 0) is 14.3 Å². The van der Waals surface area contributed by atoms with Crippen molar-refractivity contribution >= 4 is 29.3 Å². The minimum Gasteiger partial charge on any atom is -0.497 e. The molecular weight excluding hydrogens is 408 g/mol. The van der Waals surface area contributed by atoms with Crippen molar-refractivity contribution in [3.63, 3.8) is 0 Å². The Hall–Kier alpha value is -3.03. The van der Waals surface area contributed by atoms with Gasteiger partial charge in [0, 0.05) is 17.8 Å². The standard InChI is InChI=1S/C22H23ClN2O5/c1-14-19(21(26)30-13-12-28-2)20(17-6-4-5-7-18(17)23)24-22(27)25(14)15-8-10-16(29-3)11-9-15/h4-11,20H,12-13H2,1-3H3,(H,24,27). The van der Waals surface area contributed by atoms with Crippen molar-refractivity contribution in [2.24, 2.45) is 0 Å². The molecule has 0 bridgehead atoms. The normalized spacial score (nSPS) is 16.3. The molecule has 1 aliphatic rings. The smallest absolute Gasteiger partial charge is 0.338 e. The van der Waals surface area contributed by atoms with Crippen molar-refractivity contribution in [3.05, 3.63) is 70.4 Å². The zero-order chi connectivity index (χ0) is 21.7. The van der Waals surface area contributed by atoms with E-state index in [4.69, 9.17) is 25.8 Å². The van der Waals surface area contributed by atoms with E-state index in [0.717, 1.165) is 0 Å². The number of nitrogens with zero attached hydrogens (tertiary/aromatic N) is 1. The number of benzene rings is 2. The summed E-state index contributed by atoms with van der Waals surface area (Å²) in [7, 11) is 3.09. The Balaban J connectivity index is 2.07. The first kappa shape index (κ1) is 21.7. The average molecular weight is 431 g/mol. The van der Waals surface area contributed by atoms with Crippen molar-refractivity contribution in [2.75, 3.05) is 32.3 Å². The lowest BCUT2D eigenvalue weighted by Gasteiger charge is -2.35. The molecule has 0 saturated carbocycles. The predicted molar refractivity (Wildman–Crippen MR) is 114 cm³/mol. The maximum absolute atomic E-state index is 13.0. The van der Waals surface area contributed by atoms with Crippen LogP contribution in [0.15, 0.2) is 59.8 Å². The number of rotatable bonds is 7. The van der Waals surface area contributed by atoms with Crippen LogP contribution in [0.5, 0.6) is 5.75 Å². The molecule has 3 rings (SSSR count). The fourth-order valence-electron chi connectivity index (χ4n) is 3.29. The molecule has 7 nitrogen and oxygen atoms in total. The number of carbonyl (C=O) groups excluding carboxylic acids is 2. The lowest BCUT2D eigenvalue weighted by molar-refractivity contribution is -0.140. The highest BCUT2D eigenvalue weighted by Crippen LogP contribution is 2.36. The zero-order valence-electron chi connectivity index (χ0n) is 17.0. The molecule has 0 aliphatic carbocycles. The van der Waals surface area contributed by atoms with Crippen molar-refractivity contribution < 1.29 is 23.8 Å². The van der Waals surface area contributed by atoms with Crippen LogP contribution in [-0.4, -0.2) is 39.4 Å². The molecule has 0 radical (unpaired) electrons. The fourth-order valence-corrected chi connectivity index (χ4v) is 3.53. The van der Waals surface area contributed by atoms with Gasteiger partial charge in [0.05, 0.1) is 31.0 Å². The largest absolute Gasteiger partial charge is 0.497 e.